The smallest absolute Gasteiger partial charge is 0.163 e. The lowest BCUT2D eigenvalue weighted by molar-refractivity contribution is 0.500. The van der Waals surface area contributed by atoms with Crippen molar-refractivity contribution in [3.05, 3.63) is 60.4 Å². The Hall–Kier alpha value is -3.35. The first-order chi connectivity index (χ1) is 13.8. The van der Waals surface area contributed by atoms with Gasteiger partial charge in [0.25, 0.3) is 0 Å². The van der Waals surface area contributed by atoms with Crippen molar-refractivity contribution in [2.24, 2.45) is 0 Å². The SMILES string of the molecule is CC(Nc1nc(-c2cccnc2)nc2ccccc12)c1nnc2n1CCCC2. The fraction of sp³-hybridized carbons (Fsp3) is 0.286. The number of anilines is 1. The lowest BCUT2D eigenvalue weighted by atomic mass is 10.1. The number of benzene rings is 1. The van der Waals surface area contributed by atoms with Crippen molar-refractivity contribution in [3.63, 3.8) is 0 Å². The van der Waals surface area contributed by atoms with Crippen molar-refractivity contribution in [2.75, 3.05) is 5.32 Å². The highest BCUT2D eigenvalue weighted by molar-refractivity contribution is 5.90. The molecule has 1 aliphatic heterocycles. The topological polar surface area (TPSA) is 81.4 Å². The molecule has 0 radical (unpaired) electrons. The summed E-state index contributed by atoms with van der Waals surface area (Å²) in [5, 5.41) is 13.4. The second-order valence-electron chi connectivity index (χ2n) is 7.10. The van der Waals surface area contributed by atoms with Gasteiger partial charge < -0.3 is 9.88 Å². The molecule has 1 unspecified atom stereocenters. The predicted octanol–water partition coefficient (Wildman–Crippen LogP) is 3.79. The van der Waals surface area contributed by atoms with Gasteiger partial charge in [-0.2, -0.15) is 0 Å². The van der Waals surface area contributed by atoms with Gasteiger partial charge in [-0.25, -0.2) is 9.97 Å². The van der Waals surface area contributed by atoms with Gasteiger partial charge >= 0.3 is 0 Å². The fourth-order valence-corrected chi connectivity index (χ4v) is 3.73. The molecule has 1 aliphatic rings. The summed E-state index contributed by atoms with van der Waals surface area (Å²) in [5.74, 6) is 3.49. The van der Waals surface area contributed by atoms with Crippen LogP contribution in [0, 0.1) is 0 Å². The average molecular weight is 371 g/mol. The Morgan fingerprint density at radius 3 is 2.86 bits per heavy atom. The summed E-state index contributed by atoms with van der Waals surface area (Å²) >= 11 is 0. The minimum absolute atomic E-state index is 0.0144. The molecule has 0 aliphatic carbocycles. The van der Waals surface area contributed by atoms with Crippen molar-refractivity contribution in [1.82, 2.24) is 29.7 Å². The maximum atomic E-state index is 4.81. The van der Waals surface area contributed by atoms with Crippen LogP contribution in [0.5, 0.6) is 0 Å². The van der Waals surface area contributed by atoms with E-state index in [0.717, 1.165) is 46.9 Å². The minimum atomic E-state index is -0.0144. The van der Waals surface area contributed by atoms with Gasteiger partial charge in [0.05, 0.1) is 11.6 Å². The highest BCUT2D eigenvalue weighted by atomic mass is 15.3. The number of pyridine rings is 1. The third kappa shape index (κ3) is 2.98. The number of aromatic nitrogens is 6. The highest BCUT2D eigenvalue weighted by Crippen LogP contribution is 2.28. The summed E-state index contributed by atoms with van der Waals surface area (Å²) in [6.45, 7) is 3.08. The van der Waals surface area contributed by atoms with E-state index < -0.39 is 0 Å². The van der Waals surface area contributed by atoms with Crippen molar-refractivity contribution in [2.45, 2.75) is 38.8 Å². The Morgan fingerprint density at radius 2 is 1.96 bits per heavy atom. The zero-order valence-corrected chi connectivity index (χ0v) is 15.7. The number of aryl methyl sites for hydroxylation is 1. The largest absolute Gasteiger partial charge is 0.360 e. The molecule has 0 saturated carbocycles. The molecule has 140 valence electrons. The summed E-state index contributed by atoms with van der Waals surface area (Å²) in [4.78, 5) is 13.7. The van der Waals surface area contributed by atoms with Crippen LogP contribution >= 0.6 is 0 Å². The summed E-state index contributed by atoms with van der Waals surface area (Å²) < 4.78 is 2.24. The number of para-hydroxylation sites is 1. The molecule has 7 nitrogen and oxygen atoms in total. The van der Waals surface area contributed by atoms with Crippen molar-refractivity contribution < 1.29 is 0 Å². The molecule has 4 aromatic rings. The van der Waals surface area contributed by atoms with Gasteiger partial charge in [-0.15, -0.1) is 10.2 Å². The average Bonchev–Trinajstić information content (AvgIpc) is 3.18. The van der Waals surface area contributed by atoms with E-state index in [1.807, 2.05) is 36.4 Å². The summed E-state index contributed by atoms with van der Waals surface area (Å²) in [7, 11) is 0. The van der Waals surface area contributed by atoms with Gasteiger partial charge in [-0.1, -0.05) is 12.1 Å². The van der Waals surface area contributed by atoms with Crippen LogP contribution in [0.3, 0.4) is 0 Å². The molecule has 5 rings (SSSR count). The van der Waals surface area contributed by atoms with Crippen molar-refractivity contribution in [3.8, 4) is 11.4 Å². The number of nitrogens with one attached hydrogen (secondary N) is 1. The van der Waals surface area contributed by atoms with Gasteiger partial charge in [-0.05, 0) is 44.0 Å². The van der Waals surface area contributed by atoms with E-state index in [9.17, 15) is 0 Å². The third-order valence-corrected chi connectivity index (χ3v) is 5.15. The van der Waals surface area contributed by atoms with E-state index in [2.05, 4.69) is 32.0 Å². The van der Waals surface area contributed by atoms with Crippen LogP contribution < -0.4 is 5.32 Å². The van der Waals surface area contributed by atoms with Gasteiger partial charge in [0.2, 0.25) is 0 Å². The molecular weight excluding hydrogens is 350 g/mol. The zero-order valence-electron chi connectivity index (χ0n) is 15.7. The Balaban J connectivity index is 1.55. The Labute approximate surface area is 162 Å². The second-order valence-corrected chi connectivity index (χ2v) is 7.10. The minimum Gasteiger partial charge on any atom is -0.360 e. The Morgan fingerprint density at radius 1 is 1.04 bits per heavy atom. The van der Waals surface area contributed by atoms with Crippen LogP contribution in [-0.4, -0.2) is 29.7 Å². The molecule has 7 heteroatoms. The first-order valence-electron chi connectivity index (χ1n) is 9.65. The molecule has 1 atom stereocenters. The monoisotopic (exact) mass is 371 g/mol. The molecule has 28 heavy (non-hydrogen) atoms. The van der Waals surface area contributed by atoms with Crippen LogP contribution in [0.4, 0.5) is 5.82 Å². The summed E-state index contributed by atoms with van der Waals surface area (Å²) in [5.41, 5.74) is 1.79. The quantitative estimate of drug-likeness (QED) is 0.588. The first kappa shape index (κ1) is 16.8. The fourth-order valence-electron chi connectivity index (χ4n) is 3.73. The summed E-state index contributed by atoms with van der Waals surface area (Å²) in [6.07, 6.45) is 6.89. The number of nitrogens with zero attached hydrogens (tertiary/aromatic N) is 6. The molecule has 0 fully saturated rings. The highest BCUT2D eigenvalue weighted by Gasteiger charge is 2.21. The lowest BCUT2D eigenvalue weighted by Gasteiger charge is -2.20. The standard InChI is InChI=1S/C21H21N7/c1-14(21-27-26-18-10-4-5-12-28(18)21)23-20-16-8-2-3-9-17(16)24-19(25-20)15-7-6-11-22-13-15/h2-3,6-9,11,13-14H,4-5,10,12H2,1H3,(H,23,24,25). The van der Waals surface area contributed by atoms with E-state index >= 15 is 0 Å². The number of hydrogen-bond acceptors (Lipinski definition) is 6. The molecule has 4 heterocycles. The maximum absolute atomic E-state index is 4.81. The molecule has 1 N–H and O–H groups in total. The first-order valence-corrected chi connectivity index (χ1v) is 9.65. The molecule has 3 aromatic heterocycles. The Bertz CT molecular complexity index is 1120. The maximum Gasteiger partial charge on any atom is 0.163 e. The predicted molar refractivity (Wildman–Crippen MR) is 108 cm³/mol. The van der Waals surface area contributed by atoms with Crippen molar-refractivity contribution in [1.29, 1.82) is 0 Å². The molecule has 1 aromatic carbocycles. The number of rotatable bonds is 4. The van der Waals surface area contributed by atoms with Crippen LogP contribution in [0.25, 0.3) is 22.3 Å². The van der Waals surface area contributed by atoms with Gasteiger partial charge in [0, 0.05) is 36.3 Å². The van der Waals surface area contributed by atoms with Gasteiger partial charge in [-0.3, -0.25) is 4.98 Å². The van der Waals surface area contributed by atoms with Crippen LogP contribution in [0.2, 0.25) is 0 Å². The summed E-state index contributed by atoms with van der Waals surface area (Å²) in [6, 6.07) is 11.9. The van der Waals surface area contributed by atoms with E-state index in [1.54, 1.807) is 12.4 Å². The normalized spacial score (nSPS) is 14.6. The molecular formula is C21H21N7. The van der Waals surface area contributed by atoms with Gasteiger partial charge in [0.1, 0.15) is 11.6 Å². The Kier molecular flexibility index (Phi) is 4.20. The van der Waals surface area contributed by atoms with Crippen LogP contribution in [-0.2, 0) is 13.0 Å². The molecule has 0 spiro atoms. The van der Waals surface area contributed by atoms with E-state index in [4.69, 9.17) is 9.97 Å². The lowest BCUT2D eigenvalue weighted by Crippen LogP contribution is -2.18. The van der Waals surface area contributed by atoms with E-state index in [1.165, 1.54) is 12.8 Å². The van der Waals surface area contributed by atoms with E-state index in [0.29, 0.717) is 5.82 Å². The van der Waals surface area contributed by atoms with E-state index in [-0.39, 0.29) is 6.04 Å². The number of hydrogen-bond donors (Lipinski definition) is 1. The molecule has 0 bridgehead atoms. The zero-order chi connectivity index (χ0) is 18.9. The number of fused-ring (bicyclic) bond motifs is 2. The van der Waals surface area contributed by atoms with Gasteiger partial charge in [0.15, 0.2) is 11.6 Å². The third-order valence-electron chi connectivity index (χ3n) is 5.15. The van der Waals surface area contributed by atoms with Crippen molar-refractivity contribution >= 4 is 16.7 Å². The van der Waals surface area contributed by atoms with Crippen LogP contribution in [0.15, 0.2) is 48.8 Å². The molecule has 0 amide bonds. The second kappa shape index (κ2) is 6.99. The van der Waals surface area contributed by atoms with Crippen LogP contribution in [0.1, 0.15) is 37.5 Å². The molecule has 0 saturated heterocycles.